The standard InChI is InChI=1S/C18H26N4OS/c1-14(17-20-15-8-4-5-9-16(15)24-17)21(2)18(23)19-10-13-22-11-6-3-7-12-22/h4-5,8-9,14H,3,6-7,10-13H2,1-2H3,(H,19,23)/t14-/m1/s1. The van der Waals surface area contributed by atoms with E-state index in [9.17, 15) is 4.79 Å². The average molecular weight is 347 g/mol. The normalized spacial score (nSPS) is 16.9. The van der Waals surface area contributed by atoms with Gasteiger partial charge < -0.3 is 15.1 Å². The average Bonchev–Trinajstić information content (AvgIpc) is 3.05. The third-order valence-corrected chi connectivity index (χ3v) is 5.93. The smallest absolute Gasteiger partial charge is 0.317 e. The minimum atomic E-state index is -0.0302. The lowest BCUT2D eigenvalue weighted by Crippen LogP contribution is -2.43. The summed E-state index contributed by atoms with van der Waals surface area (Å²) in [4.78, 5) is 21.2. The highest BCUT2D eigenvalue weighted by Gasteiger charge is 2.20. The first-order valence-corrected chi connectivity index (χ1v) is 9.55. The van der Waals surface area contributed by atoms with E-state index in [1.165, 1.54) is 24.0 Å². The van der Waals surface area contributed by atoms with Gasteiger partial charge in [-0.3, -0.25) is 0 Å². The van der Waals surface area contributed by atoms with Crippen LogP contribution in [0.5, 0.6) is 0 Å². The number of thiazole rings is 1. The van der Waals surface area contributed by atoms with Gasteiger partial charge in [-0.05, 0) is 45.0 Å². The van der Waals surface area contributed by atoms with Gasteiger partial charge in [0.1, 0.15) is 5.01 Å². The lowest BCUT2D eigenvalue weighted by Gasteiger charge is -2.27. The van der Waals surface area contributed by atoms with Crippen molar-refractivity contribution in [1.82, 2.24) is 20.1 Å². The molecular weight excluding hydrogens is 320 g/mol. The molecule has 0 radical (unpaired) electrons. The van der Waals surface area contributed by atoms with Crippen molar-refractivity contribution >= 4 is 27.6 Å². The first-order chi connectivity index (χ1) is 11.6. The molecular formula is C18H26N4OS. The second-order valence-corrected chi connectivity index (χ2v) is 7.50. The van der Waals surface area contributed by atoms with Crippen LogP contribution in [0.25, 0.3) is 10.2 Å². The number of aromatic nitrogens is 1. The second kappa shape index (κ2) is 7.94. The van der Waals surface area contributed by atoms with E-state index in [4.69, 9.17) is 0 Å². The predicted octanol–water partition coefficient (Wildman–Crippen LogP) is 3.48. The molecule has 130 valence electrons. The van der Waals surface area contributed by atoms with Crippen molar-refractivity contribution in [1.29, 1.82) is 0 Å². The van der Waals surface area contributed by atoms with Crippen LogP contribution in [0.3, 0.4) is 0 Å². The number of rotatable bonds is 5. The summed E-state index contributed by atoms with van der Waals surface area (Å²) in [6.07, 6.45) is 3.90. The fourth-order valence-electron chi connectivity index (χ4n) is 3.04. The number of hydrogen-bond acceptors (Lipinski definition) is 4. The first-order valence-electron chi connectivity index (χ1n) is 8.73. The zero-order valence-electron chi connectivity index (χ0n) is 14.5. The number of nitrogens with zero attached hydrogens (tertiary/aromatic N) is 3. The summed E-state index contributed by atoms with van der Waals surface area (Å²) in [6.45, 7) is 5.99. The van der Waals surface area contributed by atoms with Gasteiger partial charge in [-0.15, -0.1) is 11.3 Å². The summed E-state index contributed by atoms with van der Waals surface area (Å²) in [6, 6.07) is 8.04. The molecule has 0 unspecified atom stereocenters. The Balaban J connectivity index is 1.52. The van der Waals surface area contributed by atoms with Crippen molar-refractivity contribution < 1.29 is 4.79 Å². The van der Waals surface area contributed by atoms with Gasteiger partial charge in [0.2, 0.25) is 0 Å². The molecule has 1 aromatic heterocycles. The van der Waals surface area contributed by atoms with Gasteiger partial charge >= 0.3 is 6.03 Å². The number of carbonyl (C=O) groups excluding carboxylic acids is 1. The Hall–Kier alpha value is -1.66. The van der Waals surface area contributed by atoms with E-state index < -0.39 is 0 Å². The summed E-state index contributed by atoms with van der Waals surface area (Å²) in [5, 5.41) is 4.01. The zero-order chi connectivity index (χ0) is 16.9. The van der Waals surface area contributed by atoms with Gasteiger partial charge in [0.05, 0.1) is 16.3 Å². The molecule has 0 spiro atoms. The summed E-state index contributed by atoms with van der Waals surface area (Å²) >= 11 is 1.66. The van der Waals surface area contributed by atoms with Gasteiger partial charge in [-0.25, -0.2) is 9.78 Å². The van der Waals surface area contributed by atoms with Crippen LogP contribution in [0, 0.1) is 0 Å². The van der Waals surface area contributed by atoms with Crippen LogP contribution in [0.2, 0.25) is 0 Å². The summed E-state index contributed by atoms with van der Waals surface area (Å²) in [5.41, 5.74) is 1.00. The highest BCUT2D eigenvalue weighted by atomic mass is 32.1. The van der Waals surface area contributed by atoms with Crippen LogP contribution in [-0.2, 0) is 0 Å². The van der Waals surface area contributed by atoms with Crippen molar-refractivity contribution in [3.05, 3.63) is 29.3 Å². The van der Waals surface area contributed by atoms with E-state index in [0.717, 1.165) is 30.2 Å². The van der Waals surface area contributed by atoms with Gasteiger partial charge in [-0.2, -0.15) is 0 Å². The minimum Gasteiger partial charge on any atom is -0.337 e. The van der Waals surface area contributed by atoms with Crippen molar-refractivity contribution in [2.24, 2.45) is 0 Å². The number of carbonyl (C=O) groups is 1. The largest absolute Gasteiger partial charge is 0.337 e. The van der Waals surface area contributed by atoms with Gasteiger partial charge in [0.15, 0.2) is 0 Å². The molecule has 1 atom stereocenters. The van der Waals surface area contributed by atoms with Gasteiger partial charge in [-0.1, -0.05) is 18.6 Å². The highest BCUT2D eigenvalue weighted by Crippen LogP contribution is 2.28. The Morgan fingerprint density at radius 3 is 2.83 bits per heavy atom. The molecule has 5 nitrogen and oxygen atoms in total. The number of piperidine rings is 1. The fraction of sp³-hybridized carbons (Fsp3) is 0.556. The lowest BCUT2D eigenvalue weighted by atomic mass is 10.1. The van der Waals surface area contributed by atoms with Crippen molar-refractivity contribution in [2.75, 3.05) is 33.2 Å². The fourth-order valence-corrected chi connectivity index (χ4v) is 4.10. The molecule has 2 amide bonds. The summed E-state index contributed by atoms with van der Waals surface area (Å²) in [5.74, 6) is 0. The molecule has 1 aliphatic rings. The number of benzene rings is 1. The molecule has 1 saturated heterocycles. The first kappa shape index (κ1) is 17.2. The Labute approximate surface area is 147 Å². The number of nitrogens with one attached hydrogen (secondary N) is 1. The Kier molecular flexibility index (Phi) is 5.68. The molecule has 1 fully saturated rings. The lowest BCUT2D eigenvalue weighted by molar-refractivity contribution is 0.188. The molecule has 1 aromatic carbocycles. The van der Waals surface area contributed by atoms with E-state index in [-0.39, 0.29) is 12.1 Å². The molecule has 2 heterocycles. The number of amides is 2. The van der Waals surface area contributed by atoms with Gasteiger partial charge in [0.25, 0.3) is 0 Å². The Bertz CT molecular complexity index is 647. The van der Waals surface area contributed by atoms with E-state index in [1.54, 1.807) is 16.2 Å². The Morgan fingerprint density at radius 1 is 1.33 bits per heavy atom. The second-order valence-electron chi connectivity index (χ2n) is 6.44. The number of likely N-dealkylation sites (tertiary alicyclic amines) is 1. The molecule has 0 bridgehead atoms. The summed E-state index contributed by atoms with van der Waals surface area (Å²) < 4.78 is 1.17. The van der Waals surface area contributed by atoms with E-state index >= 15 is 0 Å². The van der Waals surface area contributed by atoms with Crippen LogP contribution >= 0.6 is 11.3 Å². The van der Waals surface area contributed by atoms with Crippen LogP contribution < -0.4 is 5.32 Å². The molecule has 1 aliphatic heterocycles. The van der Waals surface area contributed by atoms with Crippen molar-refractivity contribution in [2.45, 2.75) is 32.2 Å². The molecule has 0 saturated carbocycles. The maximum atomic E-state index is 12.4. The SMILES string of the molecule is C[C@H](c1nc2ccccc2s1)N(C)C(=O)NCCN1CCCCC1. The monoisotopic (exact) mass is 346 g/mol. The number of fused-ring (bicyclic) bond motifs is 1. The van der Waals surface area contributed by atoms with Crippen LogP contribution in [-0.4, -0.2) is 54.0 Å². The van der Waals surface area contributed by atoms with Crippen molar-refractivity contribution in [3.8, 4) is 0 Å². The highest BCUT2D eigenvalue weighted by molar-refractivity contribution is 7.18. The molecule has 2 aromatic rings. The van der Waals surface area contributed by atoms with Crippen molar-refractivity contribution in [3.63, 3.8) is 0 Å². The van der Waals surface area contributed by atoms with Crippen LogP contribution in [0.1, 0.15) is 37.2 Å². The molecule has 3 rings (SSSR count). The topological polar surface area (TPSA) is 48.5 Å². The van der Waals surface area contributed by atoms with E-state index in [0.29, 0.717) is 6.54 Å². The summed E-state index contributed by atoms with van der Waals surface area (Å²) in [7, 11) is 1.84. The third kappa shape index (κ3) is 4.05. The molecule has 1 N–H and O–H groups in total. The van der Waals surface area contributed by atoms with E-state index in [2.05, 4.69) is 21.3 Å². The quantitative estimate of drug-likeness (QED) is 0.902. The van der Waals surface area contributed by atoms with Crippen LogP contribution in [0.15, 0.2) is 24.3 Å². The predicted molar refractivity (Wildman–Crippen MR) is 99.5 cm³/mol. The van der Waals surface area contributed by atoms with Gasteiger partial charge in [0, 0.05) is 20.1 Å². The Morgan fingerprint density at radius 2 is 2.08 bits per heavy atom. The number of urea groups is 1. The zero-order valence-corrected chi connectivity index (χ0v) is 15.3. The minimum absolute atomic E-state index is 0.0289. The maximum Gasteiger partial charge on any atom is 0.317 e. The van der Waals surface area contributed by atoms with Crippen LogP contribution in [0.4, 0.5) is 4.79 Å². The third-order valence-electron chi connectivity index (χ3n) is 4.72. The van der Waals surface area contributed by atoms with E-state index in [1.807, 2.05) is 32.2 Å². The maximum absolute atomic E-state index is 12.4. The number of hydrogen-bond donors (Lipinski definition) is 1. The molecule has 0 aliphatic carbocycles. The molecule has 6 heteroatoms. The number of para-hydroxylation sites is 1. The molecule has 24 heavy (non-hydrogen) atoms.